The Bertz CT molecular complexity index is 522. The average molecular weight is 310 g/mol. The molecule has 0 radical (unpaired) electrons. The Hall–Kier alpha value is -1.52. The first-order valence-electron chi connectivity index (χ1n) is 7.18. The number of rotatable bonds is 5. The van der Waals surface area contributed by atoms with E-state index in [1.165, 1.54) is 0 Å². The monoisotopic (exact) mass is 309 g/mol. The molecule has 0 bridgehead atoms. The number of carboxylic acid groups (broad SMARTS) is 1. The number of aliphatic carboxylic acids is 1. The molecule has 1 aromatic rings. The Balaban J connectivity index is 2.17. The lowest BCUT2D eigenvalue weighted by Gasteiger charge is -2.34. The zero-order valence-corrected chi connectivity index (χ0v) is 12.8. The number of hydrogen-bond acceptors (Lipinski definition) is 3. The van der Waals surface area contributed by atoms with E-state index in [1.54, 1.807) is 12.1 Å². The van der Waals surface area contributed by atoms with Gasteiger partial charge in [-0.25, -0.2) is 4.79 Å². The molecule has 0 spiro atoms. The van der Waals surface area contributed by atoms with Crippen LogP contribution in [0.15, 0.2) is 24.3 Å². The molecule has 0 saturated carbocycles. The molecule has 1 fully saturated rings. The fourth-order valence-electron chi connectivity index (χ4n) is 2.62. The maximum absolute atomic E-state index is 10.7. The molecule has 1 N–H and O–H groups in total. The van der Waals surface area contributed by atoms with E-state index in [9.17, 15) is 4.79 Å². The molecule has 1 aliphatic rings. The highest BCUT2D eigenvalue weighted by Gasteiger charge is 2.21. The van der Waals surface area contributed by atoms with Gasteiger partial charge >= 0.3 is 5.97 Å². The molecule has 114 valence electrons. The smallest absolute Gasteiger partial charge is 0.328 e. The van der Waals surface area contributed by atoms with Crippen LogP contribution in [0.25, 0.3) is 6.08 Å². The van der Waals surface area contributed by atoms with Crippen molar-refractivity contribution in [1.82, 2.24) is 0 Å². The van der Waals surface area contributed by atoms with Gasteiger partial charge in [0.1, 0.15) is 0 Å². The average Bonchev–Trinajstić information content (AvgIpc) is 2.47. The van der Waals surface area contributed by atoms with Gasteiger partial charge in [0.2, 0.25) is 0 Å². The molecule has 0 aromatic heterocycles. The van der Waals surface area contributed by atoms with Crippen LogP contribution < -0.4 is 4.90 Å². The van der Waals surface area contributed by atoms with Gasteiger partial charge in [-0.2, -0.15) is 0 Å². The van der Waals surface area contributed by atoms with Gasteiger partial charge in [0.25, 0.3) is 0 Å². The van der Waals surface area contributed by atoms with Crippen molar-refractivity contribution in [2.45, 2.75) is 25.9 Å². The first-order chi connectivity index (χ1) is 10.1. The number of carbonyl (C=O) groups is 1. The zero-order valence-electron chi connectivity index (χ0n) is 12.1. The number of anilines is 1. The van der Waals surface area contributed by atoms with Crippen LogP contribution in [0.3, 0.4) is 0 Å². The molecule has 1 saturated heterocycles. The van der Waals surface area contributed by atoms with Gasteiger partial charge in [-0.3, -0.25) is 0 Å². The third-order valence-corrected chi connectivity index (χ3v) is 3.94. The molecule has 1 heterocycles. The van der Waals surface area contributed by atoms with E-state index < -0.39 is 5.97 Å². The number of halogens is 1. The fraction of sp³-hybridized carbons (Fsp3) is 0.438. The van der Waals surface area contributed by atoms with Gasteiger partial charge in [0.15, 0.2) is 0 Å². The minimum Gasteiger partial charge on any atom is -0.478 e. The number of piperidine rings is 1. The summed E-state index contributed by atoms with van der Waals surface area (Å²) in [6, 6.07) is 5.65. The Morgan fingerprint density at radius 1 is 1.48 bits per heavy atom. The Labute approximate surface area is 130 Å². The van der Waals surface area contributed by atoms with E-state index >= 15 is 0 Å². The summed E-state index contributed by atoms with van der Waals surface area (Å²) in [4.78, 5) is 13.0. The number of ether oxygens (including phenoxy) is 1. The lowest BCUT2D eigenvalue weighted by Crippen LogP contribution is -2.37. The van der Waals surface area contributed by atoms with Crippen molar-refractivity contribution in [3.63, 3.8) is 0 Å². The lowest BCUT2D eigenvalue weighted by molar-refractivity contribution is -0.131. The molecular formula is C16H20ClNO3. The van der Waals surface area contributed by atoms with E-state index in [1.807, 2.05) is 19.1 Å². The quantitative estimate of drug-likeness (QED) is 0.846. The van der Waals surface area contributed by atoms with Gasteiger partial charge < -0.3 is 14.7 Å². The lowest BCUT2D eigenvalue weighted by atomic mass is 10.0. The number of nitrogens with zero attached hydrogens (tertiary/aromatic N) is 1. The summed E-state index contributed by atoms with van der Waals surface area (Å²) < 4.78 is 5.66. The summed E-state index contributed by atoms with van der Waals surface area (Å²) in [7, 11) is 0. The van der Waals surface area contributed by atoms with Gasteiger partial charge in [0.05, 0.1) is 6.10 Å². The highest BCUT2D eigenvalue weighted by Crippen LogP contribution is 2.31. The summed E-state index contributed by atoms with van der Waals surface area (Å²) in [6.45, 7) is 4.53. The fourth-order valence-corrected chi connectivity index (χ4v) is 2.85. The van der Waals surface area contributed by atoms with Gasteiger partial charge in [-0.15, -0.1) is 0 Å². The molecule has 0 amide bonds. The van der Waals surface area contributed by atoms with E-state index in [0.29, 0.717) is 11.1 Å². The largest absolute Gasteiger partial charge is 0.478 e. The van der Waals surface area contributed by atoms with Gasteiger partial charge in [-0.1, -0.05) is 17.7 Å². The minimum absolute atomic E-state index is 0.323. The standard InChI is InChI=1S/C16H20ClNO3/c1-2-21-12-8-10-18(11-9-12)15-5-3-4-14(17)13(15)6-7-16(19)20/h3-7,12H,2,8-11H2,1H3,(H,19,20). The molecule has 4 nitrogen and oxygen atoms in total. The Morgan fingerprint density at radius 3 is 2.81 bits per heavy atom. The topological polar surface area (TPSA) is 49.8 Å². The van der Waals surface area contributed by atoms with Crippen molar-refractivity contribution in [3.8, 4) is 0 Å². The molecule has 21 heavy (non-hydrogen) atoms. The van der Waals surface area contributed by atoms with Gasteiger partial charge in [0, 0.05) is 42.0 Å². The van der Waals surface area contributed by atoms with Crippen LogP contribution in [0.1, 0.15) is 25.3 Å². The molecular weight excluding hydrogens is 290 g/mol. The van der Waals surface area contributed by atoms with Crippen molar-refractivity contribution >= 4 is 29.3 Å². The van der Waals surface area contributed by atoms with Crippen LogP contribution in [0.4, 0.5) is 5.69 Å². The van der Waals surface area contributed by atoms with Crippen LogP contribution >= 0.6 is 11.6 Å². The molecule has 1 aromatic carbocycles. The third-order valence-electron chi connectivity index (χ3n) is 3.61. The van der Waals surface area contributed by atoms with Crippen molar-refractivity contribution in [2.75, 3.05) is 24.6 Å². The Morgan fingerprint density at radius 2 is 2.19 bits per heavy atom. The van der Waals surface area contributed by atoms with E-state index in [0.717, 1.165) is 49.9 Å². The third kappa shape index (κ3) is 4.22. The van der Waals surface area contributed by atoms with Crippen LogP contribution in [-0.2, 0) is 9.53 Å². The first kappa shape index (κ1) is 15.9. The van der Waals surface area contributed by atoms with Crippen molar-refractivity contribution < 1.29 is 14.6 Å². The second kappa shape index (κ2) is 7.48. The predicted molar refractivity (Wildman–Crippen MR) is 85.0 cm³/mol. The summed E-state index contributed by atoms with van der Waals surface area (Å²) in [5.74, 6) is -0.976. The van der Waals surface area contributed by atoms with Crippen LogP contribution in [-0.4, -0.2) is 36.9 Å². The first-order valence-corrected chi connectivity index (χ1v) is 7.55. The van der Waals surface area contributed by atoms with Crippen molar-refractivity contribution in [1.29, 1.82) is 0 Å². The number of carboxylic acids is 1. The molecule has 0 atom stereocenters. The zero-order chi connectivity index (χ0) is 15.2. The second-order valence-electron chi connectivity index (χ2n) is 4.99. The molecule has 5 heteroatoms. The minimum atomic E-state index is -0.976. The van der Waals surface area contributed by atoms with Crippen molar-refractivity contribution in [3.05, 3.63) is 34.9 Å². The highest BCUT2D eigenvalue weighted by atomic mass is 35.5. The maximum Gasteiger partial charge on any atom is 0.328 e. The van der Waals surface area contributed by atoms with Gasteiger partial charge in [-0.05, 0) is 38.0 Å². The molecule has 0 aliphatic carbocycles. The summed E-state index contributed by atoms with van der Waals surface area (Å²) in [5, 5.41) is 9.37. The Kier molecular flexibility index (Phi) is 5.65. The van der Waals surface area contributed by atoms with Crippen LogP contribution in [0.5, 0.6) is 0 Å². The maximum atomic E-state index is 10.7. The van der Waals surface area contributed by atoms with Crippen LogP contribution in [0, 0.1) is 0 Å². The second-order valence-corrected chi connectivity index (χ2v) is 5.39. The molecule has 0 unspecified atom stereocenters. The number of benzene rings is 1. The number of hydrogen-bond donors (Lipinski definition) is 1. The SMILES string of the molecule is CCOC1CCN(c2cccc(Cl)c2C=CC(=O)O)CC1. The summed E-state index contributed by atoms with van der Waals surface area (Å²) >= 11 is 6.21. The van der Waals surface area contributed by atoms with E-state index in [-0.39, 0.29) is 0 Å². The van der Waals surface area contributed by atoms with Crippen LogP contribution in [0.2, 0.25) is 5.02 Å². The van der Waals surface area contributed by atoms with E-state index in [2.05, 4.69) is 4.90 Å². The predicted octanol–water partition coefficient (Wildman–Crippen LogP) is 3.44. The summed E-state index contributed by atoms with van der Waals surface area (Å²) in [5.41, 5.74) is 1.74. The highest BCUT2D eigenvalue weighted by molar-refractivity contribution is 6.32. The molecule has 2 rings (SSSR count). The van der Waals surface area contributed by atoms with E-state index in [4.69, 9.17) is 21.4 Å². The summed E-state index contributed by atoms with van der Waals surface area (Å²) in [6.07, 6.45) is 4.96. The van der Waals surface area contributed by atoms with Crippen molar-refractivity contribution in [2.24, 2.45) is 0 Å². The molecule has 1 aliphatic heterocycles. The normalized spacial score (nSPS) is 16.6.